The topological polar surface area (TPSA) is 123 Å². The van der Waals surface area contributed by atoms with Crippen LogP contribution in [-0.4, -0.2) is 31.8 Å². The molecular weight excluding hydrogens is 312 g/mol. The first-order valence-corrected chi connectivity index (χ1v) is 6.92. The van der Waals surface area contributed by atoms with Crippen LogP contribution in [0.15, 0.2) is 53.8 Å². The van der Waals surface area contributed by atoms with Crippen LogP contribution in [0.4, 0.5) is 6.01 Å². The molecule has 0 aliphatic carbocycles. The zero-order valence-electron chi connectivity index (χ0n) is 12.3. The highest BCUT2D eigenvalue weighted by Gasteiger charge is 2.15. The van der Waals surface area contributed by atoms with E-state index in [1.54, 1.807) is 24.5 Å². The minimum absolute atomic E-state index is 0.0542. The zero-order valence-corrected chi connectivity index (χ0v) is 12.3. The van der Waals surface area contributed by atoms with E-state index in [4.69, 9.17) is 4.42 Å². The van der Waals surface area contributed by atoms with Crippen molar-refractivity contribution in [2.24, 2.45) is 0 Å². The molecule has 3 rings (SSSR count). The Hall–Kier alpha value is -3.62. The van der Waals surface area contributed by atoms with Crippen LogP contribution in [0.2, 0.25) is 0 Å². The second kappa shape index (κ2) is 7.09. The molecule has 0 unspecified atom stereocenters. The van der Waals surface area contributed by atoms with E-state index in [1.807, 2.05) is 0 Å². The Morgan fingerprint density at radius 3 is 2.58 bits per heavy atom. The first-order chi connectivity index (χ1) is 11.7. The van der Waals surface area contributed by atoms with Crippen LogP contribution < -0.4 is 10.6 Å². The summed E-state index contributed by atoms with van der Waals surface area (Å²) < 4.78 is 5.07. The Bertz CT molecular complexity index is 835. The van der Waals surface area contributed by atoms with Crippen molar-refractivity contribution in [3.8, 4) is 0 Å². The normalized spacial score (nSPS) is 10.2. The fourth-order valence-corrected chi connectivity index (χ4v) is 1.79. The van der Waals surface area contributed by atoms with Crippen molar-refractivity contribution < 1.29 is 14.0 Å². The molecule has 0 aliphatic heterocycles. The van der Waals surface area contributed by atoms with Crippen molar-refractivity contribution in [3.05, 3.63) is 66.3 Å². The third-order valence-corrected chi connectivity index (χ3v) is 2.96. The molecule has 0 aromatic carbocycles. The van der Waals surface area contributed by atoms with Gasteiger partial charge in [0.05, 0.1) is 6.20 Å². The van der Waals surface area contributed by atoms with Crippen LogP contribution in [0.3, 0.4) is 0 Å². The molecule has 0 radical (unpaired) electrons. The number of nitrogens with zero attached hydrogens (tertiary/aromatic N) is 4. The van der Waals surface area contributed by atoms with Gasteiger partial charge in [-0.05, 0) is 17.7 Å². The molecule has 9 heteroatoms. The molecule has 120 valence electrons. The molecule has 0 fully saturated rings. The lowest BCUT2D eigenvalue weighted by molar-refractivity contribution is 0.0944. The molecule has 0 spiro atoms. The van der Waals surface area contributed by atoms with E-state index < -0.39 is 11.8 Å². The van der Waals surface area contributed by atoms with Gasteiger partial charge in [0.25, 0.3) is 11.8 Å². The first kappa shape index (κ1) is 15.3. The summed E-state index contributed by atoms with van der Waals surface area (Å²) in [5.74, 6) is -0.954. The lowest BCUT2D eigenvalue weighted by Crippen LogP contribution is -2.23. The first-order valence-electron chi connectivity index (χ1n) is 6.92. The predicted molar refractivity (Wildman–Crippen MR) is 81.9 cm³/mol. The van der Waals surface area contributed by atoms with Crippen molar-refractivity contribution in [1.82, 2.24) is 25.3 Å². The molecule has 0 saturated carbocycles. The van der Waals surface area contributed by atoms with E-state index in [9.17, 15) is 9.59 Å². The Kier molecular flexibility index (Phi) is 4.52. The quantitative estimate of drug-likeness (QED) is 0.718. The summed E-state index contributed by atoms with van der Waals surface area (Å²) in [6, 6.07) is 3.48. The van der Waals surface area contributed by atoms with Gasteiger partial charge in [-0.15, -0.1) is 0 Å². The van der Waals surface area contributed by atoms with Crippen molar-refractivity contribution in [2.45, 2.75) is 6.54 Å². The average molecular weight is 324 g/mol. The van der Waals surface area contributed by atoms with Crippen LogP contribution >= 0.6 is 0 Å². The summed E-state index contributed by atoms with van der Waals surface area (Å²) in [7, 11) is 0. The number of pyridine rings is 1. The molecule has 0 saturated heterocycles. The summed E-state index contributed by atoms with van der Waals surface area (Å²) in [5, 5.41) is 5.09. The Balaban J connectivity index is 1.58. The molecule has 9 nitrogen and oxygen atoms in total. The largest absolute Gasteiger partial charge is 0.431 e. The highest BCUT2D eigenvalue weighted by molar-refractivity contribution is 6.01. The Labute approximate surface area is 136 Å². The number of carbonyl (C=O) groups is 2. The lowest BCUT2D eigenvalue weighted by Gasteiger charge is -2.02. The van der Waals surface area contributed by atoms with Crippen molar-refractivity contribution >= 4 is 17.8 Å². The average Bonchev–Trinajstić information content (AvgIpc) is 3.10. The molecule has 3 aromatic rings. The fraction of sp³-hybridized carbons (Fsp3) is 0.0667. The van der Waals surface area contributed by atoms with E-state index >= 15 is 0 Å². The van der Waals surface area contributed by atoms with E-state index in [-0.39, 0.29) is 17.4 Å². The number of amides is 2. The minimum atomic E-state index is -0.534. The van der Waals surface area contributed by atoms with E-state index in [0.717, 1.165) is 11.8 Å². The van der Waals surface area contributed by atoms with Gasteiger partial charge >= 0.3 is 6.01 Å². The van der Waals surface area contributed by atoms with E-state index in [1.165, 1.54) is 18.6 Å². The number of nitrogens with one attached hydrogen (secondary N) is 2. The standard InChI is InChI=1S/C15H12N6O3/c22-13(19-7-10-1-3-16-4-2-10)12-9-24-15(20-12)21-14(23)11-8-17-5-6-18-11/h1-6,8-9H,7H2,(H,19,22)(H,20,21,23). The number of rotatable bonds is 5. The Morgan fingerprint density at radius 2 is 1.83 bits per heavy atom. The highest BCUT2D eigenvalue weighted by atomic mass is 16.4. The molecule has 0 bridgehead atoms. The summed E-state index contributed by atoms with van der Waals surface area (Å²) in [5.41, 5.74) is 1.07. The summed E-state index contributed by atoms with van der Waals surface area (Å²) in [6.07, 6.45) is 8.58. The van der Waals surface area contributed by atoms with Gasteiger partial charge in [-0.2, -0.15) is 4.98 Å². The third-order valence-electron chi connectivity index (χ3n) is 2.96. The maximum atomic E-state index is 12.0. The molecule has 3 heterocycles. The number of oxazole rings is 1. The number of hydrogen-bond acceptors (Lipinski definition) is 7. The molecule has 2 N–H and O–H groups in total. The van der Waals surface area contributed by atoms with Gasteiger partial charge in [0.2, 0.25) is 0 Å². The van der Waals surface area contributed by atoms with E-state index in [0.29, 0.717) is 6.54 Å². The highest BCUT2D eigenvalue weighted by Crippen LogP contribution is 2.09. The third kappa shape index (κ3) is 3.77. The molecule has 24 heavy (non-hydrogen) atoms. The smallest absolute Gasteiger partial charge is 0.302 e. The van der Waals surface area contributed by atoms with Crippen molar-refractivity contribution in [1.29, 1.82) is 0 Å². The SMILES string of the molecule is O=C(NCc1ccncc1)c1coc(NC(=O)c2cnccn2)n1. The van der Waals surface area contributed by atoms with Gasteiger partial charge in [0, 0.05) is 31.3 Å². The molecule has 0 atom stereocenters. The zero-order chi connectivity index (χ0) is 16.8. The van der Waals surface area contributed by atoms with Crippen LogP contribution in [0.25, 0.3) is 0 Å². The second-order valence-electron chi connectivity index (χ2n) is 4.62. The molecular formula is C15H12N6O3. The lowest BCUT2D eigenvalue weighted by atomic mass is 10.2. The van der Waals surface area contributed by atoms with Crippen molar-refractivity contribution in [3.63, 3.8) is 0 Å². The number of hydrogen-bond donors (Lipinski definition) is 2. The van der Waals surface area contributed by atoms with Gasteiger partial charge in [-0.3, -0.25) is 24.9 Å². The van der Waals surface area contributed by atoms with Gasteiger partial charge in [0.15, 0.2) is 5.69 Å². The predicted octanol–water partition coefficient (Wildman–Crippen LogP) is 1.04. The van der Waals surface area contributed by atoms with Gasteiger partial charge in [-0.1, -0.05) is 0 Å². The maximum Gasteiger partial charge on any atom is 0.302 e. The van der Waals surface area contributed by atoms with Crippen LogP contribution in [0, 0.1) is 0 Å². The maximum absolute atomic E-state index is 12.0. The number of aromatic nitrogens is 4. The van der Waals surface area contributed by atoms with E-state index in [2.05, 4.69) is 30.6 Å². The summed E-state index contributed by atoms with van der Waals surface area (Å²) in [6.45, 7) is 0.329. The van der Waals surface area contributed by atoms with Crippen LogP contribution in [-0.2, 0) is 6.54 Å². The van der Waals surface area contributed by atoms with Crippen molar-refractivity contribution in [2.75, 3.05) is 5.32 Å². The molecule has 0 aliphatic rings. The Morgan fingerprint density at radius 1 is 1.00 bits per heavy atom. The summed E-state index contributed by atoms with van der Waals surface area (Å²) in [4.78, 5) is 39.3. The fourth-order valence-electron chi connectivity index (χ4n) is 1.79. The van der Waals surface area contributed by atoms with Gasteiger partial charge in [0.1, 0.15) is 12.0 Å². The van der Waals surface area contributed by atoms with Crippen LogP contribution in [0.1, 0.15) is 26.5 Å². The second-order valence-corrected chi connectivity index (χ2v) is 4.62. The monoisotopic (exact) mass is 324 g/mol. The number of carbonyl (C=O) groups excluding carboxylic acids is 2. The van der Waals surface area contributed by atoms with Gasteiger partial charge in [-0.25, -0.2) is 4.98 Å². The van der Waals surface area contributed by atoms with Gasteiger partial charge < -0.3 is 9.73 Å². The summed E-state index contributed by atoms with van der Waals surface area (Å²) >= 11 is 0. The number of anilines is 1. The van der Waals surface area contributed by atoms with Crippen LogP contribution in [0.5, 0.6) is 0 Å². The molecule has 2 amide bonds. The minimum Gasteiger partial charge on any atom is -0.431 e. The molecule has 3 aromatic heterocycles.